The third-order valence-corrected chi connectivity index (χ3v) is 1.52. The van der Waals surface area contributed by atoms with Gasteiger partial charge in [0, 0.05) is 12.2 Å². The molecule has 1 aliphatic rings. The topological polar surface area (TPSA) is 98.5 Å². The molecule has 0 spiro atoms. The predicted molar refractivity (Wildman–Crippen MR) is 45.9 cm³/mol. The summed E-state index contributed by atoms with van der Waals surface area (Å²) in [4.78, 5) is 32.8. The molecule has 6 heteroatoms. The maximum absolute atomic E-state index is 11.2. The van der Waals surface area contributed by atoms with E-state index in [2.05, 4.69) is 4.74 Å². The van der Waals surface area contributed by atoms with E-state index in [9.17, 15) is 14.4 Å². The first-order valence-electron chi connectivity index (χ1n) is 3.67. The van der Waals surface area contributed by atoms with Crippen molar-refractivity contribution in [3.05, 3.63) is 23.6 Å². The number of hydrogen-bond donors (Lipinski definition) is 2. The summed E-state index contributed by atoms with van der Waals surface area (Å²) in [6, 6.07) is -0.897. The van der Waals surface area contributed by atoms with E-state index in [1.807, 2.05) is 5.32 Å². The molecule has 0 bridgehead atoms. The number of ether oxygens (including phenoxy) is 1. The average Bonchev–Trinajstić information content (AvgIpc) is 2.10. The summed E-state index contributed by atoms with van der Waals surface area (Å²) in [5.41, 5.74) is 4.64. The third kappa shape index (κ3) is 1.98. The largest absolute Gasteiger partial charge is 0.493 e. The fourth-order valence-electron chi connectivity index (χ4n) is 0.931. The highest BCUT2D eigenvalue weighted by Crippen LogP contribution is 2.09. The van der Waals surface area contributed by atoms with E-state index in [0.29, 0.717) is 0 Å². The quantitative estimate of drug-likeness (QED) is 0.566. The molecule has 0 unspecified atom stereocenters. The molecule has 0 aliphatic heterocycles. The molecule has 0 aromatic rings. The maximum Gasteiger partial charge on any atom is 0.316 e. The van der Waals surface area contributed by atoms with Gasteiger partial charge in [0.05, 0.1) is 12.8 Å². The number of amides is 2. The Morgan fingerprint density at radius 2 is 2.00 bits per heavy atom. The second-order valence-electron chi connectivity index (χ2n) is 2.49. The van der Waals surface area contributed by atoms with Crippen molar-refractivity contribution in [1.29, 1.82) is 0 Å². The van der Waals surface area contributed by atoms with Crippen LogP contribution in [0.5, 0.6) is 0 Å². The van der Waals surface area contributed by atoms with Crippen LogP contribution in [0.15, 0.2) is 23.6 Å². The van der Waals surface area contributed by atoms with Gasteiger partial charge in [0.25, 0.3) is 0 Å². The molecule has 0 saturated heterocycles. The summed E-state index contributed by atoms with van der Waals surface area (Å²) in [7, 11) is 1.28. The van der Waals surface area contributed by atoms with Crippen LogP contribution in [-0.4, -0.2) is 24.7 Å². The second-order valence-corrected chi connectivity index (χ2v) is 2.49. The highest BCUT2D eigenvalue weighted by molar-refractivity contribution is 6.19. The number of methoxy groups -OCH3 is 1. The van der Waals surface area contributed by atoms with Crippen LogP contribution in [0.2, 0.25) is 0 Å². The molecule has 0 fully saturated rings. The smallest absolute Gasteiger partial charge is 0.316 e. The maximum atomic E-state index is 11.2. The van der Waals surface area contributed by atoms with Crippen molar-refractivity contribution < 1.29 is 19.1 Å². The van der Waals surface area contributed by atoms with Crippen LogP contribution in [0.4, 0.5) is 4.79 Å². The number of rotatable bonds is 2. The van der Waals surface area contributed by atoms with Crippen molar-refractivity contribution >= 4 is 17.6 Å². The van der Waals surface area contributed by atoms with Crippen molar-refractivity contribution in [3.63, 3.8) is 0 Å². The number of hydrogen-bond acceptors (Lipinski definition) is 4. The van der Waals surface area contributed by atoms with Crippen LogP contribution in [-0.2, 0) is 14.3 Å². The standard InChI is InChI=1S/C8H8N2O4/c1-14-7-3-5(11)4(2-6(7)12)10-8(9)13/h2-3H,1H3,(H3,9,10,13). The van der Waals surface area contributed by atoms with Gasteiger partial charge in [-0.15, -0.1) is 0 Å². The van der Waals surface area contributed by atoms with E-state index in [4.69, 9.17) is 5.73 Å². The van der Waals surface area contributed by atoms with Gasteiger partial charge < -0.3 is 15.8 Å². The number of nitrogens with two attached hydrogens (primary N) is 1. The van der Waals surface area contributed by atoms with Crippen LogP contribution in [0.1, 0.15) is 0 Å². The van der Waals surface area contributed by atoms with Crippen molar-refractivity contribution in [2.45, 2.75) is 0 Å². The average molecular weight is 196 g/mol. The molecule has 1 rings (SSSR count). The third-order valence-electron chi connectivity index (χ3n) is 1.52. The highest BCUT2D eigenvalue weighted by Gasteiger charge is 2.21. The number of carbonyl (C=O) groups excluding carboxylic acids is 3. The number of allylic oxidation sites excluding steroid dienone is 2. The Kier molecular flexibility index (Phi) is 2.66. The van der Waals surface area contributed by atoms with E-state index >= 15 is 0 Å². The number of nitrogens with one attached hydrogen (secondary N) is 1. The van der Waals surface area contributed by atoms with Gasteiger partial charge in [-0.2, -0.15) is 0 Å². The first-order valence-corrected chi connectivity index (χ1v) is 3.67. The van der Waals surface area contributed by atoms with Gasteiger partial charge in [-0.25, -0.2) is 4.79 Å². The Morgan fingerprint density at radius 1 is 1.36 bits per heavy atom. The van der Waals surface area contributed by atoms with Gasteiger partial charge in [0.1, 0.15) is 0 Å². The molecule has 74 valence electrons. The van der Waals surface area contributed by atoms with E-state index in [1.165, 1.54) is 7.11 Å². The van der Waals surface area contributed by atoms with Crippen LogP contribution < -0.4 is 11.1 Å². The Labute approximate surface area is 79.4 Å². The van der Waals surface area contributed by atoms with E-state index in [-0.39, 0.29) is 11.5 Å². The minimum absolute atomic E-state index is 0.0648. The highest BCUT2D eigenvalue weighted by atomic mass is 16.5. The van der Waals surface area contributed by atoms with Crippen molar-refractivity contribution in [1.82, 2.24) is 5.32 Å². The van der Waals surface area contributed by atoms with Gasteiger partial charge in [-0.1, -0.05) is 0 Å². The number of ketones is 2. The second kappa shape index (κ2) is 3.73. The van der Waals surface area contributed by atoms with E-state index in [1.54, 1.807) is 0 Å². The normalized spacial score (nSPS) is 15.8. The number of carbonyl (C=O) groups is 3. The minimum Gasteiger partial charge on any atom is -0.493 e. The zero-order chi connectivity index (χ0) is 10.7. The van der Waals surface area contributed by atoms with Crippen LogP contribution >= 0.6 is 0 Å². The Balaban J connectivity index is 2.89. The predicted octanol–water partition coefficient (Wildman–Crippen LogP) is -0.779. The molecule has 1 aliphatic carbocycles. The zero-order valence-corrected chi connectivity index (χ0v) is 7.37. The molecule has 0 radical (unpaired) electrons. The van der Waals surface area contributed by atoms with Crippen LogP contribution in [0.25, 0.3) is 0 Å². The van der Waals surface area contributed by atoms with Crippen molar-refractivity contribution in [2.75, 3.05) is 7.11 Å². The monoisotopic (exact) mass is 196 g/mol. The Morgan fingerprint density at radius 3 is 2.50 bits per heavy atom. The van der Waals surface area contributed by atoms with E-state index < -0.39 is 17.6 Å². The molecule has 0 heterocycles. The summed E-state index contributed by atoms with van der Waals surface area (Å²) >= 11 is 0. The van der Waals surface area contributed by atoms with Crippen molar-refractivity contribution in [2.24, 2.45) is 5.73 Å². The summed E-state index contributed by atoms with van der Waals surface area (Å²) in [5, 5.41) is 2.04. The minimum atomic E-state index is -0.897. The fraction of sp³-hybridized carbons (Fsp3) is 0.125. The lowest BCUT2D eigenvalue weighted by Gasteiger charge is -2.10. The summed E-state index contributed by atoms with van der Waals surface area (Å²) in [5.74, 6) is -1.08. The van der Waals surface area contributed by atoms with Crippen LogP contribution in [0.3, 0.4) is 0 Å². The van der Waals surface area contributed by atoms with Gasteiger partial charge in [0.2, 0.25) is 11.6 Å². The Hall–Kier alpha value is -2.11. The first kappa shape index (κ1) is 9.97. The van der Waals surface area contributed by atoms with Crippen molar-refractivity contribution in [3.8, 4) is 0 Å². The first-order chi connectivity index (χ1) is 6.54. The fourth-order valence-corrected chi connectivity index (χ4v) is 0.931. The van der Waals surface area contributed by atoms with Gasteiger partial charge in [0.15, 0.2) is 5.76 Å². The van der Waals surface area contributed by atoms with Crippen LogP contribution in [0, 0.1) is 0 Å². The van der Waals surface area contributed by atoms with Gasteiger partial charge in [-0.3, -0.25) is 9.59 Å². The molecule has 0 aromatic carbocycles. The molecule has 2 amide bonds. The molecule has 3 N–H and O–H groups in total. The summed E-state index contributed by atoms with van der Waals surface area (Å²) in [6.07, 6.45) is 1.96. The SMILES string of the molecule is COC1=CC(=O)C(NC(N)=O)=CC1=O. The molecule has 0 aromatic heterocycles. The van der Waals surface area contributed by atoms with E-state index in [0.717, 1.165) is 12.2 Å². The molecule has 6 nitrogen and oxygen atoms in total. The van der Waals surface area contributed by atoms with Gasteiger partial charge in [-0.05, 0) is 0 Å². The Bertz CT molecular complexity index is 368. The molecular formula is C8H8N2O4. The summed E-state index contributed by atoms with van der Waals surface area (Å²) in [6.45, 7) is 0. The number of urea groups is 1. The molecule has 0 atom stereocenters. The number of primary amides is 1. The molecule has 14 heavy (non-hydrogen) atoms. The lowest BCUT2D eigenvalue weighted by molar-refractivity contribution is -0.117. The molecule has 0 saturated carbocycles. The summed E-state index contributed by atoms with van der Waals surface area (Å²) < 4.78 is 4.63. The van der Waals surface area contributed by atoms with Gasteiger partial charge >= 0.3 is 6.03 Å². The molecular weight excluding hydrogens is 188 g/mol. The zero-order valence-electron chi connectivity index (χ0n) is 7.37. The lowest BCUT2D eigenvalue weighted by atomic mass is 10.1. The lowest BCUT2D eigenvalue weighted by Crippen LogP contribution is -2.33.